The number of carbonyl (C=O) groups excluding carboxylic acids is 1. The van der Waals surface area contributed by atoms with E-state index in [0.717, 1.165) is 11.3 Å². The van der Waals surface area contributed by atoms with E-state index in [0.29, 0.717) is 27.6 Å². The third kappa shape index (κ3) is 4.46. The number of carbonyl (C=O) groups is 1. The number of phenolic OH excluding ortho intramolecular Hbond substituents is 1. The highest BCUT2D eigenvalue weighted by atomic mass is 32.1. The molecule has 160 valence electrons. The third-order valence-corrected chi connectivity index (χ3v) is 5.34. The molecule has 1 aromatic heterocycles. The van der Waals surface area contributed by atoms with Gasteiger partial charge in [0.1, 0.15) is 17.2 Å². The van der Waals surface area contributed by atoms with Crippen molar-refractivity contribution in [1.82, 2.24) is 4.68 Å². The van der Waals surface area contributed by atoms with E-state index in [1.54, 1.807) is 36.2 Å². The molecule has 1 aliphatic rings. The lowest BCUT2D eigenvalue weighted by Gasteiger charge is -2.18. The first-order chi connectivity index (χ1) is 14.9. The molecule has 0 saturated carbocycles. The second-order valence-electron chi connectivity index (χ2n) is 7.16. The van der Waals surface area contributed by atoms with E-state index in [9.17, 15) is 9.90 Å². The number of thiazole rings is 1. The predicted molar refractivity (Wildman–Crippen MR) is 120 cm³/mol. The summed E-state index contributed by atoms with van der Waals surface area (Å²) in [7, 11) is 1.57. The number of amides is 1. The van der Waals surface area contributed by atoms with Crippen LogP contribution in [0, 0.1) is 0 Å². The molecule has 1 amide bonds. The fourth-order valence-corrected chi connectivity index (χ4v) is 4.01. The van der Waals surface area contributed by atoms with Crippen LogP contribution in [0.2, 0.25) is 0 Å². The maximum atomic E-state index is 11.7. The van der Waals surface area contributed by atoms with E-state index >= 15 is 0 Å². The number of ether oxygens (including phenoxy) is 2. The van der Waals surface area contributed by atoms with Crippen LogP contribution in [0.1, 0.15) is 19.4 Å². The van der Waals surface area contributed by atoms with Gasteiger partial charge in [-0.15, -0.1) is 11.3 Å². The molecule has 0 spiro atoms. The van der Waals surface area contributed by atoms with Gasteiger partial charge < -0.3 is 19.9 Å². The maximum absolute atomic E-state index is 11.7. The number of hydrogen-bond donors (Lipinski definition) is 2. The zero-order valence-electron chi connectivity index (χ0n) is 17.3. The molecule has 2 N–H and O–H groups in total. The van der Waals surface area contributed by atoms with Crippen LogP contribution in [0.15, 0.2) is 51.9 Å². The fourth-order valence-electron chi connectivity index (χ4n) is 3.04. The van der Waals surface area contributed by atoms with Gasteiger partial charge in [-0.2, -0.15) is 5.10 Å². The minimum absolute atomic E-state index is 0.0105. The van der Waals surface area contributed by atoms with Crippen LogP contribution in [0.3, 0.4) is 0 Å². The minimum atomic E-state index is -0.190. The van der Waals surface area contributed by atoms with Crippen LogP contribution in [0.25, 0.3) is 11.3 Å². The normalized spacial score (nSPS) is 13.9. The van der Waals surface area contributed by atoms with E-state index in [4.69, 9.17) is 9.47 Å². The van der Waals surface area contributed by atoms with Crippen molar-refractivity contribution in [3.05, 3.63) is 52.1 Å². The Kier molecular flexibility index (Phi) is 5.77. The molecule has 3 aromatic rings. The summed E-state index contributed by atoms with van der Waals surface area (Å²) >= 11 is 1.46. The van der Waals surface area contributed by atoms with Crippen molar-refractivity contribution in [2.45, 2.75) is 19.9 Å². The van der Waals surface area contributed by atoms with Gasteiger partial charge in [0.05, 0.1) is 24.7 Å². The summed E-state index contributed by atoms with van der Waals surface area (Å²) < 4.78 is 12.4. The predicted octanol–water partition coefficient (Wildman–Crippen LogP) is 3.45. The Morgan fingerprint density at radius 3 is 2.90 bits per heavy atom. The maximum Gasteiger partial charge on any atom is 0.262 e. The summed E-state index contributed by atoms with van der Waals surface area (Å²) in [5.74, 6) is 1.15. The Hall–Kier alpha value is -3.59. The molecule has 0 radical (unpaired) electrons. The van der Waals surface area contributed by atoms with Crippen molar-refractivity contribution >= 4 is 29.1 Å². The van der Waals surface area contributed by atoms with E-state index in [-0.39, 0.29) is 24.3 Å². The number of rotatable bonds is 5. The van der Waals surface area contributed by atoms with Gasteiger partial charge in [-0.3, -0.25) is 9.79 Å². The van der Waals surface area contributed by atoms with Crippen molar-refractivity contribution in [3.63, 3.8) is 0 Å². The van der Waals surface area contributed by atoms with Crippen LogP contribution in [0.5, 0.6) is 17.2 Å². The Morgan fingerprint density at radius 1 is 1.29 bits per heavy atom. The quantitative estimate of drug-likeness (QED) is 0.596. The summed E-state index contributed by atoms with van der Waals surface area (Å²) in [6, 6.07) is 10.6. The van der Waals surface area contributed by atoms with Gasteiger partial charge in [0.25, 0.3) is 5.91 Å². The molecule has 9 heteroatoms. The van der Waals surface area contributed by atoms with Gasteiger partial charge in [0.2, 0.25) is 4.80 Å². The third-order valence-electron chi connectivity index (χ3n) is 4.51. The Labute approximate surface area is 183 Å². The number of fused-ring (bicyclic) bond motifs is 1. The average molecular weight is 439 g/mol. The summed E-state index contributed by atoms with van der Waals surface area (Å²) in [5.41, 5.74) is 2.78. The van der Waals surface area contributed by atoms with Gasteiger partial charge in [0.15, 0.2) is 6.61 Å². The van der Waals surface area contributed by atoms with Crippen molar-refractivity contribution in [2.75, 3.05) is 19.0 Å². The Bertz CT molecular complexity index is 1230. The molecule has 0 saturated heterocycles. The van der Waals surface area contributed by atoms with Crippen LogP contribution < -0.4 is 19.6 Å². The van der Waals surface area contributed by atoms with Crippen molar-refractivity contribution < 1.29 is 19.4 Å². The second-order valence-corrected chi connectivity index (χ2v) is 7.99. The SMILES string of the molecule is COc1ccc(O)c(C=Nn2c(-c3ccc4c(c3)NC(=O)CO4)csc2=NC(C)C)c1. The molecule has 8 nitrogen and oxygen atoms in total. The van der Waals surface area contributed by atoms with Crippen LogP contribution in [0.4, 0.5) is 5.69 Å². The molecule has 2 heterocycles. The van der Waals surface area contributed by atoms with E-state index in [1.807, 2.05) is 37.4 Å². The van der Waals surface area contributed by atoms with E-state index in [2.05, 4.69) is 15.4 Å². The molecular weight excluding hydrogens is 416 g/mol. The lowest BCUT2D eigenvalue weighted by molar-refractivity contribution is -0.118. The van der Waals surface area contributed by atoms with Crippen molar-refractivity contribution in [2.24, 2.45) is 10.1 Å². The fraction of sp³-hybridized carbons (Fsp3) is 0.227. The molecule has 0 fully saturated rings. The number of phenols is 1. The topological polar surface area (TPSA) is 97.4 Å². The zero-order chi connectivity index (χ0) is 22.0. The lowest BCUT2D eigenvalue weighted by atomic mass is 10.1. The summed E-state index contributed by atoms with van der Waals surface area (Å²) in [6.07, 6.45) is 1.57. The molecule has 2 aromatic carbocycles. The monoisotopic (exact) mass is 438 g/mol. The molecule has 0 bridgehead atoms. The minimum Gasteiger partial charge on any atom is -0.507 e. The van der Waals surface area contributed by atoms with Gasteiger partial charge >= 0.3 is 0 Å². The number of hydrogen-bond acceptors (Lipinski definition) is 7. The first-order valence-corrected chi connectivity index (χ1v) is 10.6. The number of nitrogens with zero attached hydrogens (tertiary/aromatic N) is 3. The summed E-state index contributed by atoms with van der Waals surface area (Å²) in [5, 5.41) is 19.6. The van der Waals surface area contributed by atoms with Gasteiger partial charge in [0, 0.05) is 22.5 Å². The van der Waals surface area contributed by atoms with Crippen molar-refractivity contribution in [1.29, 1.82) is 0 Å². The highest BCUT2D eigenvalue weighted by Crippen LogP contribution is 2.33. The first-order valence-electron chi connectivity index (χ1n) is 9.67. The molecule has 4 rings (SSSR count). The summed E-state index contributed by atoms with van der Waals surface area (Å²) in [4.78, 5) is 17.1. The van der Waals surface area contributed by atoms with Gasteiger partial charge in [-0.1, -0.05) is 0 Å². The molecular formula is C22H22N4O4S. The summed E-state index contributed by atoms with van der Waals surface area (Å²) in [6.45, 7) is 4.00. The number of aromatic hydroxyl groups is 1. The van der Waals surface area contributed by atoms with Crippen LogP contribution in [-0.2, 0) is 4.79 Å². The van der Waals surface area contributed by atoms with E-state index < -0.39 is 0 Å². The highest BCUT2D eigenvalue weighted by Gasteiger charge is 2.18. The zero-order valence-corrected chi connectivity index (χ0v) is 18.1. The first kappa shape index (κ1) is 20.7. The number of nitrogens with one attached hydrogen (secondary N) is 1. The van der Waals surface area contributed by atoms with Gasteiger partial charge in [-0.05, 0) is 50.2 Å². The number of anilines is 1. The molecule has 1 aliphatic heterocycles. The molecule has 31 heavy (non-hydrogen) atoms. The molecule has 0 aliphatic carbocycles. The smallest absolute Gasteiger partial charge is 0.262 e. The second kappa shape index (κ2) is 8.65. The number of benzene rings is 2. The lowest BCUT2D eigenvalue weighted by Crippen LogP contribution is -2.25. The largest absolute Gasteiger partial charge is 0.507 e. The number of aromatic nitrogens is 1. The molecule has 0 unspecified atom stereocenters. The van der Waals surface area contributed by atoms with Crippen molar-refractivity contribution in [3.8, 4) is 28.5 Å². The van der Waals surface area contributed by atoms with Crippen LogP contribution >= 0.6 is 11.3 Å². The highest BCUT2D eigenvalue weighted by molar-refractivity contribution is 7.07. The van der Waals surface area contributed by atoms with Gasteiger partial charge in [-0.25, -0.2) is 4.68 Å². The van der Waals surface area contributed by atoms with Crippen LogP contribution in [-0.4, -0.2) is 41.7 Å². The number of methoxy groups -OCH3 is 1. The standard InChI is InChI=1S/C22H22N4O4S/c1-13(2)24-22-26(23-10-15-8-16(29-3)5-6-19(15)27)18(12-31-22)14-4-7-20-17(9-14)25-21(28)11-30-20/h4-10,12-13,27H,11H2,1-3H3,(H,25,28). The van der Waals surface area contributed by atoms with E-state index in [1.165, 1.54) is 11.3 Å². The average Bonchev–Trinajstić information content (AvgIpc) is 3.14. The molecule has 0 atom stereocenters. The Balaban J connectivity index is 1.80. The Morgan fingerprint density at radius 2 is 2.13 bits per heavy atom.